The highest BCUT2D eigenvalue weighted by Crippen LogP contribution is 2.27. The predicted molar refractivity (Wildman–Crippen MR) is 81.3 cm³/mol. The number of hydrogen-bond donors (Lipinski definition) is 3. The topological polar surface area (TPSA) is 91.6 Å². The second-order valence-electron chi connectivity index (χ2n) is 5.90. The Morgan fingerprint density at radius 2 is 2.00 bits per heavy atom. The van der Waals surface area contributed by atoms with Crippen LogP contribution in [0.15, 0.2) is 22.8 Å². The minimum Gasteiger partial charge on any atom is -0.459 e. The lowest BCUT2D eigenvalue weighted by atomic mass is 9.85. The number of nitrogens with one attached hydrogen (secondary N) is 2. The van der Waals surface area contributed by atoms with Crippen LogP contribution in [0.4, 0.5) is 0 Å². The second kappa shape index (κ2) is 7.98. The predicted octanol–water partition coefficient (Wildman–Crippen LogP) is 1.60. The van der Waals surface area contributed by atoms with Crippen molar-refractivity contribution in [1.82, 2.24) is 10.6 Å². The van der Waals surface area contributed by atoms with Gasteiger partial charge in [0, 0.05) is 19.5 Å². The Bertz CT molecular complexity index is 478. The zero-order valence-corrected chi connectivity index (χ0v) is 12.8. The number of carbonyl (C=O) groups is 2. The minimum atomic E-state index is -0.735. The van der Waals surface area contributed by atoms with Gasteiger partial charge < -0.3 is 20.2 Å². The molecule has 2 rings (SSSR count). The van der Waals surface area contributed by atoms with Gasteiger partial charge in [-0.1, -0.05) is 19.3 Å². The lowest BCUT2D eigenvalue weighted by Gasteiger charge is -2.32. The molecule has 1 aliphatic rings. The summed E-state index contributed by atoms with van der Waals surface area (Å²) < 4.78 is 4.97. The minimum absolute atomic E-state index is 0.0914. The Labute approximate surface area is 130 Å². The van der Waals surface area contributed by atoms with Gasteiger partial charge in [-0.05, 0) is 31.4 Å². The van der Waals surface area contributed by atoms with Crippen LogP contribution in [0, 0.1) is 0 Å². The summed E-state index contributed by atoms with van der Waals surface area (Å²) in [7, 11) is 0. The third kappa shape index (κ3) is 5.18. The highest BCUT2D eigenvalue weighted by molar-refractivity contribution is 5.91. The van der Waals surface area contributed by atoms with Crippen molar-refractivity contribution in [3.05, 3.63) is 24.2 Å². The molecule has 0 atom stereocenters. The molecule has 0 radical (unpaired) electrons. The molecule has 0 aromatic carbocycles. The monoisotopic (exact) mass is 308 g/mol. The average Bonchev–Trinajstić information content (AvgIpc) is 3.05. The van der Waals surface area contributed by atoms with E-state index in [0.29, 0.717) is 25.9 Å². The molecule has 1 heterocycles. The molecule has 1 fully saturated rings. The number of aliphatic hydroxyl groups is 1. The van der Waals surface area contributed by atoms with Crippen molar-refractivity contribution < 1.29 is 19.1 Å². The molecule has 0 aliphatic heterocycles. The highest BCUT2D eigenvalue weighted by Gasteiger charge is 2.29. The molecule has 1 aromatic rings. The Balaban J connectivity index is 1.57. The van der Waals surface area contributed by atoms with Crippen LogP contribution >= 0.6 is 0 Å². The van der Waals surface area contributed by atoms with E-state index in [9.17, 15) is 14.7 Å². The number of carbonyl (C=O) groups excluding carboxylic acids is 2. The van der Waals surface area contributed by atoms with E-state index in [1.165, 1.54) is 6.26 Å². The first-order valence-electron chi connectivity index (χ1n) is 7.90. The van der Waals surface area contributed by atoms with Gasteiger partial charge in [-0.25, -0.2) is 0 Å². The summed E-state index contributed by atoms with van der Waals surface area (Å²) in [5.74, 6) is -0.0999. The lowest BCUT2D eigenvalue weighted by Crippen LogP contribution is -2.44. The summed E-state index contributed by atoms with van der Waals surface area (Å²) in [6.07, 6.45) is 7.03. The molecule has 2 amide bonds. The van der Waals surface area contributed by atoms with Crippen LogP contribution in [-0.2, 0) is 4.79 Å². The molecule has 22 heavy (non-hydrogen) atoms. The van der Waals surface area contributed by atoms with E-state index in [1.54, 1.807) is 12.1 Å². The summed E-state index contributed by atoms with van der Waals surface area (Å²) >= 11 is 0. The lowest BCUT2D eigenvalue weighted by molar-refractivity contribution is -0.122. The van der Waals surface area contributed by atoms with Gasteiger partial charge in [0.2, 0.25) is 5.91 Å². The molecule has 6 heteroatoms. The van der Waals surface area contributed by atoms with Gasteiger partial charge in [-0.15, -0.1) is 0 Å². The third-order valence-electron chi connectivity index (χ3n) is 4.01. The fourth-order valence-corrected chi connectivity index (χ4v) is 2.68. The quantitative estimate of drug-likeness (QED) is 0.667. The summed E-state index contributed by atoms with van der Waals surface area (Å²) in [6, 6.07) is 3.24. The van der Waals surface area contributed by atoms with Crippen LogP contribution in [0.1, 0.15) is 55.5 Å². The number of amides is 2. The molecular formula is C16H24N2O4. The maximum absolute atomic E-state index is 11.7. The second-order valence-corrected chi connectivity index (χ2v) is 5.90. The van der Waals surface area contributed by atoms with Gasteiger partial charge in [0.15, 0.2) is 5.76 Å². The van der Waals surface area contributed by atoms with Crippen molar-refractivity contribution in [2.45, 2.75) is 50.5 Å². The van der Waals surface area contributed by atoms with Crippen molar-refractivity contribution in [2.24, 2.45) is 0 Å². The van der Waals surface area contributed by atoms with Crippen molar-refractivity contribution in [1.29, 1.82) is 0 Å². The van der Waals surface area contributed by atoms with E-state index in [4.69, 9.17) is 4.42 Å². The van der Waals surface area contributed by atoms with Crippen molar-refractivity contribution in [3.8, 4) is 0 Å². The molecule has 3 N–H and O–H groups in total. The van der Waals surface area contributed by atoms with Crippen molar-refractivity contribution >= 4 is 11.8 Å². The number of furan rings is 1. The zero-order valence-electron chi connectivity index (χ0n) is 12.8. The largest absolute Gasteiger partial charge is 0.459 e. The Hall–Kier alpha value is -1.82. The normalized spacial score (nSPS) is 17.0. The van der Waals surface area contributed by atoms with Gasteiger partial charge >= 0.3 is 0 Å². The molecule has 0 unspecified atom stereocenters. The fourth-order valence-electron chi connectivity index (χ4n) is 2.68. The Kier molecular flexibility index (Phi) is 6.00. The Morgan fingerprint density at radius 1 is 1.23 bits per heavy atom. The highest BCUT2D eigenvalue weighted by atomic mass is 16.3. The van der Waals surface area contributed by atoms with Crippen LogP contribution in [-0.4, -0.2) is 35.6 Å². The maximum Gasteiger partial charge on any atom is 0.286 e. The van der Waals surface area contributed by atoms with E-state index in [2.05, 4.69) is 10.6 Å². The van der Waals surface area contributed by atoms with Gasteiger partial charge in [-0.2, -0.15) is 0 Å². The van der Waals surface area contributed by atoms with Gasteiger partial charge in [0.1, 0.15) is 0 Å². The summed E-state index contributed by atoms with van der Waals surface area (Å²) in [6.45, 7) is 0.738. The summed E-state index contributed by atoms with van der Waals surface area (Å²) in [5.41, 5.74) is -0.735. The Morgan fingerprint density at radius 3 is 2.68 bits per heavy atom. The SMILES string of the molecule is O=C(CCCNC(=O)c1ccco1)NCC1(O)CCCCC1. The van der Waals surface area contributed by atoms with E-state index in [-0.39, 0.29) is 17.6 Å². The third-order valence-corrected chi connectivity index (χ3v) is 4.01. The van der Waals surface area contributed by atoms with Crippen LogP contribution in [0.5, 0.6) is 0 Å². The molecule has 122 valence electrons. The first kappa shape index (κ1) is 16.5. The van der Waals surface area contributed by atoms with Crippen LogP contribution in [0.2, 0.25) is 0 Å². The summed E-state index contributed by atoms with van der Waals surface area (Å²) in [5, 5.41) is 15.8. The average molecular weight is 308 g/mol. The first-order valence-corrected chi connectivity index (χ1v) is 7.90. The molecule has 1 aromatic heterocycles. The number of rotatable bonds is 7. The number of hydrogen-bond acceptors (Lipinski definition) is 4. The molecule has 0 saturated heterocycles. The van der Waals surface area contributed by atoms with Crippen LogP contribution in [0.25, 0.3) is 0 Å². The zero-order chi connectivity index (χ0) is 15.8. The van der Waals surface area contributed by atoms with Gasteiger partial charge in [0.25, 0.3) is 5.91 Å². The molecule has 1 aliphatic carbocycles. The van der Waals surface area contributed by atoms with E-state index >= 15 is 0 Å². The van der Waals surface area contributed by atoms with Crippen molar-refractivity contribution in [3.63, 3.8) is 0 Å². The molecular weight excluding hydrogens is 284 g/mol. The summed E-state index contributed by atoms with van der Waals surface area (Å²) in [4.78, 5) is 23.3. The first-order chi connectivity index (χ1) is 10.6. The smallest absolute Gasteiger partial charge is 0.286 e. The standard InChI is InChI=1S/C16H24N2O4/c19-14(18-12-16(21)8-2-1-3-9-16)7-4-10-17-15(20)13-6-5-11-22-13/h5-6,11,21H,1-4,7-10,12H2,(H,17,20)(H,18,19). The van der Waals surface area contributed by atoms with E-state index < -0.39 is 5.60 Å². The van der Waals surface area contributed by atoms with Crippen LogP contribution < -0.4 is 10.6 Å². The molecule has 0 bridgehead atoms. The van der Waals surface area contributed by atoms with Crippen LogP contribution in [0.3, 0.4) is 0 Å². The van der Waals surface area contributed by atoms with Gasteiger partial charge in [-0.3, -0.25) is 9.59 Å². The molecule has 0 spiro atoms. The van der Waals surface area contributed by atoms with Crippen molar-refractivity contribution in [2.75, 3.05) is 13.1 Å². The van der Waals surface area contributed by atoms with E-state index in [0.717, 1.165) is 32.1 Å². The maximum atomic E-state index is 11.7. The molecule has 1 saturated carbocycles. The molecule has 6 nitrogen and oxygen atoms in total. The van der Waals surface area contributed by atoms with E-state index in [1.807, 2.05) is 0 Å². The van der Waals surface area contributed by atoms with Gasteiger partial charge in [0.05, 0.1) is 11.9 Å². The fraction of sp³-hybridized carbons (Fsp3) is 0.625.